The standard InChI is InChI=1S/C35H32FNO6/c1-4-42-30-19-25(12-17-29(30)41-3)32-31(34(39)35(40)37(32)20-23-10-14-27(36)15-11-23)33(38)26-13-16-28(22(2)18-26)43-21-24-8-6-5-7-9-24/h5-19,32,38H,4,20-21H2,1-3H3/b33-31-. The maximum atomic E-state index is 13.6. The van der Waals surface area contributed by atoms with Gasteiger partial charge in [-0.25, -0.2) is 4.39 Å². The number of carbonyl (C=O) groups is 2. The second-order valence-corrected chi connectivity index (χ2v) is 10.2. The number of carbonyl (C=O) groups excluding carboxylic acids is 2. The van der Waals surface area contributed by atoms with E-state index in [9.17, 15) is 19.1 Å². The molecule has 1 atom stereocenters. The zero-order valence-corrected chi connectivity index (χ0v) is 24.2. The minimum Gasteiger partial charge on any atom is -0.507 e. The SMILES string of the molecule is CCOc1cc(C2/C(=C(/O)c3ccc(OCc4ccccc4)c(C)c3)C(=O)C(=O)N2Cc2ccc(F)cc2)ccc1OC. The highest BCUT2D eigenvalue weighted by Crippen LogP contribution is 2.43. The van der Waals surface area contributed by atoms with Crippen LogP contribution in [-0.4, -0.2) is 35.4 Å². The predicted molar refractivity (Wildman–Crippen MR) is 160 cm³/mol. The van der Waals surface area contributed by atoms with Crippen LogP contribution < -0.4 is 14.2 Å². The van der Waals surface area contributed by atoms with E-state index in [4.69, 9.17) is 14.2 Å². The van der Waals surface area contributed by atoms with Crippen LogP contribution in [0, 0.1) is 12.7 Å². The number of nitrogens with zero attached hydrogens (tertiary/aromatic N) is 1. The summed E-state index contributed by atoms with van der Waals surface area (Å²) in [6, 6.07) is 24.8. The van der Waals surface area contributed by atoms with E-state index in [0.717, 1.165) is 11.1 Å². The van der Waals surface area contributed by atoms with Crippen LogP contribution in [-0.2, 0) is 22.7 Å². The van der Waals surface area contributed by atoms with Crippen molar-refractivity contribution in [2.24, 2.45) is 0 Å². The van der Waals surface area contributed by atoms with Gasteiger partial charge in [0.15, 0.2) is 11.5 Å². The van der Waals surface area contributed by atoms with Gasteiger partial charge in [0.1, 0.15) is 23.9 Å². The van der Waals surface area contributed by atoms with Crippen LogP contribution >= 0.6 is 0 Å². The molecule has 1 N–H and O–H groups in total. The van der Waals surface area contributed by atoms with Crippen LogP contribution in [0.25, 0.3) is 5.76 Å². The fourth-order valence-electron chi connectivity index (χ4n) is 5.16. The Labute approximate surface area is 249 Å². The molecule has 8 heteroatoms. The van der Waals surface area contributed by atoms with E-state index in [1.54, 1.807) is 48.5 Å². The lowest BCUT2D eigenvalue weighted by Crippen LogP contribution is -2.29. The van der Waals surface area contributed by atoms with Gasteiger partial charge in [-0.2, -0.15) is 0 Å². The molecule has 0 radical (unpaired) electrons. The first-order chi connectivity index (χ1) is 20.8. The predicted octanol–water partition coefficient (Wildman–Crippen LogP) is 6.74. The largest absolute Gasteiger partial charge is 0.507 e. The van der Waals surface area contributed by atoms with E-state index >= 15 is 0 Å². The van der Waals surface area contributed by atoms with Gasteiger partial charge in [0.2, 0.25) is 0 Å². The smallest absolute Gasteiger partial charge is 0.295 e. The van der Waals surface area contributed by atoms with Crippen molar-refractivity contribution in [2.75, 3.05) is 13.7 Å². The van der Waals surface area contributed by atoms with Gasteiger partial charge >= 0.3 is 0 Å². The van der Waals surface area contributed by atoms with Crippen LogP contribution in [0.2, 0.25) is 0 Å². The number of halogens is 1. The quantitative estimate of drug-likeness (QED) is 0.127. The molecular formula is C35H32FNO6. The van der Waals surface area contributed by atoms with Gasteiger partial charge in [-0.3, -0.25) is 9.59 Å². The molecular weight excluding hydrogens is 549 g/mol. The molecule has 1 amide bonds. The molecule has 5 rings (SSSR count). The van der Waals surface area contributed by atoms with Crippen molar-refractivity contribution >= 4 is 17.4 Å². The van der Waals surface area contributed by atoms with E-state index in [0.29, 0.717) is 47.2 Å². The van der Waals surface area contributed by atoms with E-state index in [1.807, 2.05) is 44.2 Å². The number of rotatable bonds is 10. The number of methoxy groups -OCH3 is 1. The van der Waals surface area contributed by atoms with E-state index in [1.165, 1.54) is 24.1 Å². The molecule has 0 aliphatic carbocycles. The maximum Gasteiger partial charge on any atom is 0.295 e. The summed E-state index contributed by atoms with van der Waals surface area (Å²) < 4.78 is 30.8. The number of likely N-dealkylation sites (tertiary alicyclic amines) is 1. The summed E-state index contributed by atoms with van der Waals surface area (Å²) in [5, 5.41) is 11.6. The number of aliphatic hydroxyl groups is 1. The Kier molecular flexibility index (Phi) is 8.76. The monoisotopic (exact) mass is 581 g/mol. The number of Topliss-reactive ketones (excluding diaryl/α,β-unsaturated/α-hetero) is 1. The Morgan fingerprint density at radius 1 is 0.860 bits per heavy atom. The highest BCUT2D eigenvalue weighted by molar-refractivity contribution is 6.46. The maximum absolute atomic E-state index is 13.6. The van der Waals surface area contributed by atoms with Gasteiger partial charge in [-0.05, 0) is 78.6 Å². The fraction of sp³-hybridized carbons (Fsp3) is 0.200. The average Bonchev–Trinajstić information content (AvgIpc) is 3.26. The fourth-order valence-corrected chi connectivity index (χ4v) is 5.16. The van der Waals surface area contributed by atoms with Gasteiger partial charge in [-0.1, -0.05) is 48.5 Å². The number of amides is 1. The molecule has 1 aliphatic heterocycles. The number of ether oxygens (including phenoxy) is 3. The second kappa shape index (κ2) is 12.8. The Bertz CT molecular complexity index is 1670. The minimum absolute atomic E-state index is 0.0214. The lowest BCUT2D eigenvalue weighted by atomic mass is 9.94. The summed E-state index contributed by atoms with van der Waals surface area (Å²) in [4.78, 5) is 28.4. The van der Waals surface area contributed by atoms with Crippen LogP contribution in [0.5, 0.6) is 17.2 Å². The molecule has 1 heterocycles. The van der Waals surface area contributed by atoms with Crippen molar-refractivity contribution in [2.45, 2.75) is 33.0 Å². The van der Waals surface area contributed by atoms with Crippen LogP contribution in [0.15, 0.2) is 96.6 Å². The van der Waals surface area contributed by atoms with E-state index in [-0.39, 0.29) is 17.9 Å². The highest BCUT2D eigenvalue weighted by Gasteiger charge is 2.46. The van der Waals surface area contributed by atoms with Crippen molar-refractivity contribution in [3.63, 3.8) is 0 Å². The summed E-state index contributed by atoms with van der Waals surface area (Å²) >= 11 is 0. The number of aliphatic hydroxyl groups excluding tert-OH is 1. The van der Waals surface area contributed by atoms with Gasteiger partial charge in [0.25, 0.3) is 11.7 Å². The summed E-state index contributed by atoms with van der Waals surface area (Å²) in [5.74, 6) is -0.759. The number of hydrogen-bond donors (Lipinski definition) is 1. The third-order valence-corrected chi connectivity index (χ3v) is 7.29. The second-order valence-electron chi connectivity index (χ2n) is 10.2. The summed E-state index contributed by atoms with van der Waals surface area (Å²) in [6.07, 6.45) is 0. The molecule has 1 saturated heterocycles. The molecule has 0 spiro atoms. The number of benzene rings is 4. The zero-order chi connectivity index (χ0) is 30.5. The normalized spacial score (nSPS) is 15.9. The molecule has 7 nitrogen and oxygen atoms in total. The third kappa shape index (κ3) is 6.23. The summed E-state index contributed by atoms with van der Waals surface area (Å²) in [6.45, 7) is 4.45. The molecule has 4 aromatic carbocycles. The number of aryl methyl sites for hydroxylation is 1. The minimum atomic E-state index is -0.940. The van der Waals surface area contributed by atoms with Gasteiger partial charge in [0.05, 0.1) is 25.3 Å². The molecule has 1 unspecified atom stereocenters. The molecule has 4 aromatic rings. The van der Waals surface area contributed by atoms with Gasteiger partial charge in [-0.15, -0.1) is 0 Å². The topological polar surface area (TPSA) is 85.3 Å². The Balaban J connectivity index is 1.56. The molecule has 0 aromatic heterocycles. The van der Waals surface area contributed by atoms with Gasteiger partial charge in [0, 0.05) is 12.1 Å². The lowest BCUT2D eigenvalue weighted by molar-refractivity contribution is -0.140. The highest BCUT2D eigenvalue weighted by atomic mass is 19.1. The first-order valence-corrected chi connectivity index (χ1v) is 13.9. The van der Waals surface area contributed by atoms with Crippen molar-refractivity contribution < 1.29 is 33.3 Å². The van der Waals surface area contributed by atoms with Crippen molar-refractivity contribution in [1.29, 1.82) is 0 Å². The molecule has 1 aliphatic rings. The molecule has 1 fully saturated rings. The molecule has 0 bridgehead atoms. The Hall–Kier alpha value is -5.11. The van der Waals surface area contributed by atoms with Crippen LogP contribution in [0.1, 0.15) is 40.8 Å². The first-order valence-electron chi connectivity index (χ1n) is 13.9. The lowest BCUT2D eigenvalue weighted by Gasteiger charge is -2.26. The summed E-state index contributed by atoms with van der Waals surface area (Å²) in [7, 11) is 1.52. The zero-order valence-electron chi connectivity index (χ0n) is 24.2. The van der Waals surface area contributed by atoms with Crippen molar-refractivity contribution in [3.05, 3.63) is 130 Å². The van der Waals surface area contributed by atoms with E-state index in [2.05, 4.69) is 0 Å². The van der Waals surface area contributed by atoms with Crippen molar-refractivity contribution in [3.8, 4) is 17.2 Å². The summed E-state index contributed by atoms with van der Waals surface area (Å²) in [5.41, 5.74) is 3.25. The van der Waals surface area contributed by atoms with Crippen molar-refractivity contribution in [1.82, 2.24) is 4.90 Å². The molecule has 220 valence electrons. The third-order valence-electron chi connectivity index (χ3n) is 7.29. The Morgan fingerprint density at radius 3 is 2.26 bits per heavy atom. The number of ketones is 1. The van der Waals surface area contributed by atoms with Crippen LogP contribution in [0.3, 0.4) is 0 Å². The average molecular weight is 582 g/mol. The Morgan fingerprint density at radius 2 is 1.58 bits per heavy atom. The van der Waals surface area contributed by atoms with Gasteiger partial charge < -0.3 is 24.2 Å². The number of hydrogen-bond acceptors (Lipinski definition) is 6. The van der Waals surface area contributed by atoms with E-state index < -0.39 is 23.5 Å². The molecule has 43 heavy (non-hydrogen) atoms. The molecule has 0 saturated carbocycles. The first kappa shape index (κ1) is 29.4. The van der Waals surface area contributed by atoms with Crippen LogP contribution in [0.4, 0.5) is 4.39 Å².